The lowest BCUT2D eigenvalue weighted by Crippen LogP contribution is -2.21. The number of hydrogen-bond acceptors (Lipinski definition) is 1. The van der Waals surface area contributed by atoms with Crippen molar-refractivity contribution in [1.82, 2.24) is 4.90 Å². The molecule has 0 bridgehead atoms. The van der Waals surface area contributed by atoms with Gasteiger partial charge in [0, 0.05) is 0 Å². The predicted octanol–water partition coefficient (Wildman–Crippen LogP) is 1.52. The summed E-state index contributed by atoms with van der Waals surface area (Å²) in [5.41, 5.74) is 0. The fraction of sp³-hybridized carbons (Fsp3) is 1.00. The lowest BCUT2D eigenvalue weighted by Gasteiger charge is -2.13. The van der Waals surface area contributed by atoms with Gasteiger partial charge in [-0.05, 0) is 19.6 Å². The van der Waals surface area contributed by atoms with Crippen molar-refractivity contribution in [2.45, 2.75) is 20.8 Å². The Morgan fingerprint density at radius 3 is 1.11 bits per heavy atom. The standard InChI is InChI=1S/C6H15N.H3P.H2S/c1-4-7(5-2)6-3;;/h4-6H2,1-3H3;1H3;1H2. The predicted molar refractivity (Wildman–Crippen MR) is 54.9 cm³/mol. The van der Waals surface area contributed by atoms with Gasteiger partial charge in [0.2, 0.25) is 0 Å². The van der Waals surface area contributed by atoms with Crippen LogP contribution in [0, 0.1) is 0 Å². The van der Waals surface area contributed by atoms with Crippen LogP contribution < -0.4 is 0 Å². The summed E-state index contributed by atoms with van der Waals surface area (Å²) in [7, 11) is 0. The van der Waals surface area contributed by atoms with Gasteiger partial charge >= 0.3 is 0 Å². The minimum atomic E-state index is 0. The summed E-state index contributed by atoms with van der Waals surface area (Å²) in [5.74, 6) is 0. The van der Waals surface area contributed by atoms with Gasteiger partial charge in [0.05, 0.1) is 0 Å². The lowest BCUT2D eigenvalue weighted by atomic mass is 10.5. The first-order chi connectivity index (χ1) is 3.35. The zero-order chi connectivity index (χ0) is 5.70. The molecule has 0 heterocycles. The first-order valence-electron chi connectivity index (χ1n) is 3.07. The van der Waals surface area contributed by atoms with Crippen LogP contribution in [0.1, 0.15) is 20.8 Å². The molecule has 1 atom stereocenters. The third-order valence-electron chi connectivity index (χ3n) is 1.34. The maximum Gasteiger partial charge on any atom is -0.00474 e. The van der Waals surface area contributed by atoms with Crippen molar-refractivity contribution in [3.05, 3.63) is 0 Å². The van der Waals surface area contributed by atoms with Gasteiger partial charge in [-0.15, -0.1) is 0 Å². The molecule has 0 aliphatic rings. The highest BCUT2D eigenvalue weighted by Gasteiger charge is 1.89. The molecule has 0 aromatic rings. The summed E-state index contributed by atoms with van der Waals surface area (Å²) < 4.78 is 0. The van der Waals surface area contributed by atoms with Crippen molar-refractivity contribution in [2.75, 3.05) is 19.6 Å². The van der Waals surface area contributed by atoms with E-state index in [4.69, 9.17) is 0 Å². The minimum absolute atomic E-state index is 0. The Bertz CT molecular complexity index is 34.5. The Morgan fingerprint density at radius 2 is 1.11 bits per heavy atom. The summed E-state index contributed by atoms with van der Waals surface area (Å²) in [5, 5.41) is 0. The molecular formula is C6H20NPS. The van der Waals surface area contributed by atoms with Crippen molar-refractivity contribution in [3.63, 3.8) is 0 Å². The van der Waals surface area contributed by atoms with E-state index in [-0.39, 0.29) is 23.4 Å². The van der Waals surface area contributed by atoms with Crippen LogP contribution in [0.15, 0.2) is 0 Å². The normalized spacial score (nSPS) is 8.00. The molecule has 0 spiro atoms. The zero-order valence-electron chi connectivity index (χ0n) is 6.78. The Balaban J connectivity index is -0.000000180. The molecular weight excluding hydrogens is 149 g/mol. The molecule has 0 fully saturated rings. The molecule has 0 saturated carbocycles. The lowest BCUT2D eigenvalue weighted by molar-refractivity contribution is 0.321. The molecule has 60 valence electrons. The van der Waals surface area contributed by atoms with Crippen molar-refractivity contribution < 1.29 is 0 Å². The van der Waals surface area contributed by atoms with E-state index in [2.05, 4.69) is 25.7 Å². The van der Waals surface area contributed by atoms with E-state index in [0.29, 0.717) is 0 Å². The van der Waals surface area contributed by atoms with Crippen LogP contribution in [0.2, 0.25) is 0 Å². The smallest absolute Gasteiger partial charge is 0.00474 e. The van der Waals surface area contributed by atoms with Gasteiger partial charge in [0.15, 0.2) is 0 Å². The molecule has 0 aromatic carbocycles. The second-order valence-corrected chi connectivity index (χ2v) is 1.62. The largest absolute Gasteiger partial charge is 0.304 e. The van der Waals surface area contributed by atoms with E-state index in [1.54, 1.807) is 0 Å². The van der Waals surface area contributed by atoms with E-state index in [1.165, 1.54) is 19.6 Å². The fourth-order valence-corrected chi connectivity index (χ4v) is 0.671. The summed E-state index contributed by atoms with van der Waals surface area (Å²) in [6.45, 7) is 10.1. The molecule has 0 aromatic heterocycles. The first-order valence-corrected chi connectivity index (χ1v) is 3.07. The van der Waals surface area contributed by atoms with Gasteiger partial charge in [-0.25, -0.2) is 0 Å². The highest BCUT2D eigenvalue weighted by atomic mass is 32.1. The first kappa shape index (κ1) is 16.4. The van der Waals surface area contributed by atoms with Crippen LogP contribution in [0.25, 0.3) is 0 Å². The topological polar surface area (TPSA) is 3.24 Å². The molecule has 0 aliphatic heterocycles. The van der Waals surface area contributed by atoms with Crippen molar-refractivity contribution in [1.29, 1.82) is 0 Å². The van der Waals surface area contributed by atoms with Crippen molar-refractivity contribution in [2.24, 2.45) is 0 Å². The maximum absolute atomic E-state index is 2.38. The van der Waals surface area contributed by atoms with Crippen LogP contribution in [0.5, 0.6) is 0 Å². The Hall–Kier alpha value is 0.740. The van der Waals surface area contributed by atoms with Gasteiger partial charge in [-0.1, -0.05) is 20.8 Å². The molecule has 0 rings (SSSR count). The fourth-order valence-electron chi connectivity index (χ4n) is 0.671. The SMILES string of the molecule is CCN(CC)CC.P.S. The van der Waals surface area contributed by atoms with Gasteiger partial charge in [0.1, 0.15) is 0 Å². The third kappa shape index (κ3) is 8.74. The summed E-state index contributed by atoms with van der Waals surface area (Å²) in [4.78, 5) is 2.38. The average Bonchev–Trinajstić information content (AvgIpc) is 1.72. The average molecular weight is 169 g/mol. The van der Waals surface area contributed by atoms with E-state index < -0.39 is 0 Å². The third-order valence-corrected chi connectivity index (χ3v) is 1.34. The van der Waals surface area contributed by atoms with Crippen molar-refractivity contribution in [3.8, 4) is 0 Å². The van der Waals surface area contributed by atoms with Crippen LogP contribution in [0.3, 0.4) is 0 Å². The highest BCUT2D eigenvalue weighted by molar-refractivity contribution is 7.59. The molecule has 3 heteroatoms. The van der Waals surface area contributed by atoms with E-state index in [0.717, 1.165) is 0 Å². The second kappa shape index (κ2) is 11.5. The molecule has 0 saturated heterocycles. The molecule has 0 amide bonds. The monoisotopic (exact) mass is 169 g/mol. The number of nitrogens with zero attached hydrogens (tertiary/aromatic N) is 1. The van der Waals surface area contributed by atoms with Crippen LogP contribution >= 0.6 is 23.4 Å². The molecule has 1 unspecified atom stereocenters. The molecule has 0 radical (unpaired) electrons. The van der Waals surface area contributed by atoms with Gasteiger partial charge in [-0.3, -0.25) is 0 Å². The number of hydrogen-bond donors (Lipinski definition) is 0. The maximum atomic E-state index is 2.38. The minimum Gasteiger partial charge on any atom is -0.304 e. The van der Waals surface area contributed by atoms with Crippen LogP contribution in [-0.2, 0) is 0 Å². The summed E-state index contributed by atoms with van der Waals surface area (Å²) in [6.07, 6.45) is 0. The van der Waals surface area contributed by atoms with Gasteiger partial charge in [0.25, 0.3) is 0 Å². The quantitative estimate of drug-likeness (QED) is 0.579. The molecule has 1 nitrogen and oxygen atoms in total. The molecule has 0 N–H and O–H groups in total. The van der Waals surface area contributed by atoms with Crippen molar-refractivity contribution >= 4 is 23.4 Å². The molecule has 0 aliphatic carbocycles. The Labute approximate surface area is 69.3 Å². The molecule has 9 heavy (non-hydrogen) atoms. The Morgan fingerprint density at radius 1 is 0.889 bits per heavy atom. The summed E-state index contributed by atoms with van der Waals surface area (Å²) in [6, 6.07) is 0. The van der Waals surface area contributed by atoms with Crippen LogP contribution in [-0.4, -0.2) is 24.5 Å². The Kier molecular flexibility index (Phi) is 21.0. The van der Waals surface area contributed by atoms with E-state index in [1.807, 2.05) is 0 Å². The van der Waals surface area contributed by atoms with Gasteiger partial charge < -0.3 is 4.90 Å². The van der Waals surface area contributed by atoms with E-state index in [9.17, 15) is 0 Å². The summed E-state index contributed by atoms with van der Waals surface area (Å²) >= 11 is 0. The van der Waals surface area contributed by atoms with Gasteiger partial charge in [-0.2, -0.15) is 23.4 Å². The van der Waals surface area contributed by atoms with Crippen LogP contribution in [0.4, 0.5) is 0 Å². The van der Waals surface area contributed by atoms with E-state index >= 15 is 0 Å². The second-order valence-electron chi connectivity index (χ2n) is 1.62. The zero-order valence-corrected chi connectivity index (χ0v) is 9.19. The number of rotatable bonds is 3. The highest BCUT2D eigenvalue weighted by Crippen LogP contribution is 1.81.